The summed E-state index contributed by atoms with van der Waals surface area (Å²) in [6.07, 6.45) is -2.63. The zero-order valence-electron chi connectivity index (χ0n) is 5.76. The third-order valence-corrected chi connectivity index (χ3v) is 1.42. The van der Waals surface area contributed by atoms with Crippen LogP contribution in [0, 0.1) is 0 Å². The summed E-state index contributed by atoms with van der Waals surface area (Å²) in [5.41, 5.74) is 0. The molecule has 0 unspecified atom stereocenters. The van der Waals surface area contributed by atoms with E-state index in [0.29, 0.717) is 5.82 Å². The van der Waals surface area contributed by atoms with Gasteiger partial charge in [0.1, 0.15) is 5.82 Å². The lowest BCUT2D eigenvalue weighted by Crippen LogP contribution is -1.95. The average molecular weight is 182 g/mol. The summed E-state index contributed by atoms with van der Waals surface area (Å²) in [6.45, 7) is 0. The Hall–Kier alpha value is -0.710. The Morgan fingerprint density at radius 1 is 1.64 bits per heavy atom. The van der Waals surface area contributed by atoms with Crippen molar-refractivity contribution < 1.29 is 8.78 Å². The van der Waals surface area contributed by atoms with Gasteiger partial charge in [-0.2, -0.15) is 0 Å². The number of nitrogens with zero attached hydrogens (tertiary/aromatic N) is 3. The van der Waals surface area contributed by atoms with Crippen LogP contribution in [0.25, 0.3) is 0 Å². The molecule has 0 saturated carbocycles. The molecule has 0 N–H and O–H groups in total. The van der Waals surface area contributed by atoms with Crippen molar-refractivity contribution in [3.8, 4) is 0 Å². The molecule has 11 heavy (non-hydrogen) atoms. The van der Waals surface area contributed by atoms with Gasteiger partial charge in [0, 0.05) is 7.05 Å². The van der Waals surface area contributed by atoms with Gasteiger partial charge in [-0.15, -0.1) is 16.7 Å². The monoisotopic (exact) mass is 181 g/mol. The molecule has 0 amide bonds. The second-order valence-electron chi connectivity index (χ2n) is 1.94. The highest BCUT2D eigenvalue weighted by Gasteiger charge is 2.14. The van der Waals surface area contributed by atoms with Crippen LogP contribution in [-0.2, 0) is 12.9 Å². The van der Waals surface area contributed by atoms with Gasteiger partial charge in [-0.3, -0.25) is 4.68 Å². The minimum atomic E-state index is -2.63. The van der Waals surface area contributed by atoms with Crippen LogP contribution in [0.15, 0.2) is 0 Å². The van der Waals surface area contributed by atoms with Gasteiger partial charge in [0.2, 0.25) is 5.82 Å². The van der Waals surface area contributed by atoms with Crippen molar-refractivity contribution in [1.29, 1.82) is 0 Å². The maximum absolute atomic E-state index is 11.9. The summed E-state index contributed by atoms with van der Waals surface area (Å²) in [4.78, 5) is 3.50. The summed E-state index contributed by atoms with van der Waals surface area (Å²) in [6, 6.07) is 0. The minimum Gasteiger partial charge on any atom is -0.251 e. The van der Waals surface area contributed by atoms with E-state index < -0.39 is 12.2 Å². The van der Waals surface area contributed by atoms with Crippen molar-refractivity contribution in [1.82, 2.24) is 14.8 Å². The molecule has 0 aliphatic heterocycles. The zero-order valence-corrected chi connectivity index (χ0v) is 6.52. The van der Waals surface area contributed by atoms with Crippen molar-refractivity contribution in [3.63, 3.8) is 0 Å². The average Bonchev–Trinajstić information content (AvgIpc) is 2.31. The van der Waals surface area contributed by atoms with Crippen molar-refractivity contribution in [2.75, 3.05) is 0 Å². The van der Waals surface area contributed by atoms with Crippen molar-refractivity contribution >= 4 is 11.6 Å². The first-order valence-corrected chi connectivity index (χ1v) is 3.42. The minimum absolute atomic E-state index is 0.0935. The second-order valence-corrected chi connectivity index (χ2v) is 2.21. The number of aromatic nitrogens is 3. The van der Waals surface area contributed by atoms with E-state index in [4.69, 9.17) is 11.6 Å². The first-order valence-electron chi connectivity index (χ1n) is 2.89. The highest BCUT2D eigenvalue weighted by atomic mass is 35.5. The fourth-order valence-electron chi connectivity index (χ4n) is 0.647. The number of alkyl halides is 3. The van der Waals surface area contributed by atoms with Crippen LogP contribution in [-0.4, -0.2) is 14.8 Å². The van der Waals surface area contributed by atoms with E-state index in [9.17, 15) is 8.78 Å². The smallest absolute Gasteiger partial charge is 0.251 e. The third kappa shape index (κ3) is 1.65. The molecule has 0 aromatic carbocycles. The van der Waals surface area contributed by atoms with Gasteiger partial charge < -0.3 is 0 Å². The maximum atomic E-state index is 11.9. The number of rotatable bonds is 2. The largest absolute Gasteiger partial charge is 0.299 e. The number of hydrogen-bond acceptors (Lipinski definition) is 2. The Balaban J connectivity index is 2.95. The van der Waals surface area contributed by atoms with Crippen LogP contribution in [0.3, 0.4) is 0 Å². The Bertz CT molecular complexity index is 248. The third-order valence-electron chi connectivity index (χ3n) is 1.18. The van der Waals surface area contributed by atoms with E-state index in [0.717, 1.165) is 0 Å². The SMILES string of the molecule is Cn1nc(C(F)F)nc1CCl. The van der Waals surface area contributed by atoms with Crippen molar-refractivity contribution in [3.05, 3.63) is 11.6 Å². The van der Waals surface area contributed by atoms with Gasteiger partial charge in [-0.1, -0.05) is 0 Å². The highest BCUT2D eigenvalue weighted by Crippen LogP contribution is 2.14. The van der Waals surface area contributed by atoms with E-state index in [1.54, 1.807) is 0 Å². The highest BCUT2D eigenvalue weighted by molar-refractivity contribution is 6.16. The van der Waals surface area contributed by atoms with Gasteiger partial charge in [0.15, 0.2) is 0 Å². The number of halogens is 3. The molecule has 62 valence electrons. The van der Waals surface area contributed by atoms with Gasteiger partial charge >= 0.3 is 0 Å². The summed E-state index contributed by atoms with van der Waals surface area (Å²) >= 11 is 5.38. The van der Waals surface area contributed by atoms with Crippen LogP contribution in [0.2, 0.25) is 0 Å². The summed E-state index contributed by atoms with van der Waals surface area (Å²) < 4.78 is 25.1. The first kappa shape index (κ1) is 8.39. The lowest BCUT2D eigenvalue weighted by atomic mass is 10.6. The normalized spacial score (nSPS) is 11.0. The topological polar surface area (TPSA) is 30.7 Å². The van der Waals surface area contributed by atoms with Gasteiger partial charge in [0.25, 0.3) is 6.43 Å². The number of hydrogen-bond donors (Lipinski definition) is 0. The molecule has 0 fully saturated rings. The molecule has 0 spiro atoms. The lowest BCUT2D eigenvalue weighted by Gasteiger charge is -1.89. The summed E-state index contributed by atoms with van der Waals surface area (Å²) in [5, 5.41) is 3.45. The van der Waals surface area contributed by atoms with E-state index in [1.807, 2.05) is 0 Å². The standard InChI is InChI=1S/C5H6ClF2N3/c1-11-3(2-6)9-5(10-11)4(7)8/h4H,2H2,1H3. The molecule has 3 nitrogen and oxygen atoms in total. The molecule has 1 aromatic heterocycles. The quantitative estimate of drug-likeness (QED) is 0.648. The molecular weight excluding hydrogens is 176 g/mol. The fourth-order valence-corrected chi connectivity index (χ4v) is 0.880. The van der Waals surface area contributed by atoms with Crippen LogP contribution < -0.4 is 0 Å². The molecule has 0 radical (unpaired) electrons. The van der Waals surface area contributed by atoms with Gasteiger partial charge in [0.05, 0.1) is 5.88 Å². The number of aryl methyl sites for hydroxylation is 1. The van der Waals surface area contributed by atoms with E-state index in [-0.39, 0.29) is 5.88 Å². The second kappa shape index (κ2) is 3.13. The summed E-state index contributed by atoms with van der Waals surface area (Å²) in [5.74, 6) is -0.0268. The van der Waals surface area contributed by atoms with Gasteiger partial charge in [-0.05, 0) is 0 Å². The molecule has 1 aromatic rings. The summed E-state index contributed by atoms with van der Waals surface area (Å²) in [7, 11) is 1.52. The van der Waals surface area contributed by atoms with Crippen LogP contribution in [0.1, 0.15) is 18.1 Å². The molecule has 6 heteroatoms. The lowest BCUT2D eigenvalue weighted by molar-refractivity contribution is 0.140. The maximum Gasteiger partial charge on any atom is 0.299 e. The Morgan fingerprint density at radius 3 is 2.55 bits per heavy atom. The van der Waals surface area contributed by atoms with E-state index in [1.165, 1.54) is 11.7 Å². The Kier molecular flexibility index (Phi) is 2.38. The Morgan fingerprint density at radius 2 is 2.27 bits per heavy atom. The van der Waals surface area contributed by atoms with E-state index in [2.05, 4.69) is 10.1 Å². The molecule has 0 aliphatic carbocycles. The molecular formula is C5H6ClF2N3. The van der Waals surface area contributed by atoms with Crippen LogP contribution in [0.5, 0.6) is 0 Å². The first-order chi connectivity index (χ1) is 5.15. The Labute approximate surface area is 67.0 Å². The fraction of sp³-hybridized carbons (Fsp3) is 0.600. The van der Waals surface area contributed by atoms with Crippen molar-refractivity contribution in [2.45, 2.75) is 12.3 Å². The predicted octanol–water partition coefficient (Wildman–Crippen LogP) is 1.49. The van der Waals surface area contributed by atoms with Crippen molar-refractivity contribution in [2.24, 2.45) is 7.05 Å². The molecule has 0 bridgehead atoms. The molecule has 0 aliphatic rings. The van der Waals surface area contributed by atoms with E-state index >= 15 is 0 Å². The molecule has 1 rings (SSSR count). The van der Waals surface area contributed by atoms with Crippen LogP contribution >= 0.6 is 11.6 Å². The molecule has 1 heterocycles. The van der Waals surface area contributed by atoms with Crippen LogP contribution in [0.4, 0.5) is 8.78 Å². The molecule has 0 atom stereocenters. The molecule has 0 saturated heterocycles. The zero-order chi connectivity index (χ0) is 8.43. The van der Waals surface area contributed by atoms with Gasteiger partial charge in [-0.25, -0.2) is 13.8 Å². The predicted molar refractivity (Wildman–Crippen MR) is 35.5 cm³/mol.